The first-order valence-corrected chi connectivity index (χ1v) is 6.45. The summed E-state index contributed by atoms with van der Waals surface area (Å²) in [6.07, 6.45) is 5.24. The summed E-state index contributed by atoms with van der Waals surface area (Å²) in [7, 11) is 1.70. The van der Waals surface area contributed by atoms with Crippen LogP contribution in [0.2, 0.25) is 0 Å². The van der Waals surface area contributed by atoms with Gasteiger partial charge in [-0.3, -0.25) is 4.40 Å². The highest BCUT2D eigenvalue weighted by atomic mass is 16.5. The van der Waals surface area contributed by atoms with Gasteiger partial charge >= 0.3 is 0 Å². The van der Waals surface area contributed by atoms with E-state index in [0.29, 0.717) is 5.92 Å². The highest BCUT2D eigenvalue weighted by molar-refractivity contribution is 5.49. The molecule has 3 rings (SSSR count). The van der Waals surface area contributed by atoms with Crippen LogP contribution in [0.1, 0.15) is 18.7 Å². The molecule has 4 nitrogen and oxygen atoms in total. The molecule has 1 aliphatic heterocycles. The first-order valence-electron chi connectivity index (χ1n) is 6.45. The van der Waals surface area contributed by atoms with Crippen molar-refractivity contribution in [1.29, 1.82) is 0 Å². The molecule has 1 unspecified atom stereocenters. The highest BCUT2D eigenvalue weighted by Gasteiger charge is 2.17. The summed E-state index contributed by atoms with van der Waals surface area (Å²) in [4.78, 5) is 4.53. The third-order valence-electron chi connectivity index (χ3n) is 3.52. The Hall–Kier alpha value is -1.55. The minimum atomic E-state index is 0.578. The Bertz CT molecular complexity index is 530. The predicted molar refractivity (Wildman–Crippen MR) is 69.0 cm³/mol. The zero-order chi connectivity index (χ0) is 12.4. The SMILES string of the molecule is COc1cccc2cnc(CC3CCCOC3)n12. The van der Waals surface area contributed by atoms with Gasteiger partial charge in [-0.2, -0.15) is 0 Å². The number of imidazole rings is 1. The number of pyridine rings is 1. The summed E-state index contributed by atoms with van der Waals surface area (Å²) < 4.78 is 13.0. The third-order valence-corrected chi connectivity index (χ3v) is 3.52. The van der Waals surface area contributed by atoms with Gasteiger partial charge in [-0.1, -0.05) is 6.07 Å². The maximum Gasteiger partial charge on any atom is 0.199 e. The van der Waals surface area contributed by atoms with E-state index in [1.165, 1.54) is 6.42 Å². The average molecular weight is 246 g/mol. The van der Waals surface area contributed by atoms with Gasteiger partial charge in [-0.15, -0.1) is 0 Å². The first kappa shape index (κ1) is 11.5. The summed E-state index contributed by atoms with van der Waals surface area (Å²) in [5, 5.41) is 0. The zero-order valence-electron chi connectivity index (χ0n) is 10.6. The molecule has 1 fully saturated rings. The molecule has 2 aromatic rings. The number of nitrogens with zero attached hydrogens (tertiary/aromatic N) is 2. The van der Waals surface area contributed by atoms with Gasteiger partial charge in [0, 0.05) is 19.6 Å². The van der Waals surface area contributed by atoms with E-state index in [2.05, 4.69) is 15.5 Å². The largest absolute Gasteiger partial charge is 0.482 e. The molecule has 1 saturated heterocycles. The molecule has 4 heteroatoms. The zero-order valence-corrected chi connectivity index (χ0v) is 10.6. The summed E-state index contributed by atoms with van der Waals surface area (Å²) in [6.45, 7) is 1.76. The maximum atomic E-state index is 5.53. The Morgan fingerprint density at radius 2 is 2.44 bits per heavy atom. The second kappa shape index (κ2) is 4.98. The van der Waals surface area contributed by atoms with E-state index in [1.807, 2.05) is 18.3 Å². The number of rotatable bonds is 3. The Balaban J connectivity index is 1.91. The monoisotopic (exact) mass is 246 g/mol. The van der Waals surface area contributed by atoms with Crippen molar-refractivity contribution >= 4 is 5.52 Å². The molecule has 0 spiro atoms. The Morgan fingerprint density at radius 3 is 3.22 bits per heavy atom. The van der Waals surface area contributed by atoms with Gasteiger partial charge in [0.15, 0.2) is 5.88 Å². The highest BCUT2D eigenvalue weighted by Crippen LogP contribution is 2.22. The number of fused-ring (bicyclic) bond motifs is 1. The van der Waals surface area contributed by atoms with Crippen molar-refractivity contribution in [2.75, 3.05) is 20.3 Å². The Kier molecular flexibility index (Phi) is 3.19. The lowest BCUT2D eigenvalue weighted by atomic mass is 9.98. The maximum absolute atomic E-state index is 5.53. The van der Waals surface area contributed by atoms with Crippen molar-refractivity contribution in [3.8, 4) is 5.88 Å². The third kappa shape index (κ3) is 2.08. The molecule has 0 bridgehead atoms. The Labute approximate surface area is 107 Å². The molecule has 0 aliphatic carbocycles. The van der Waals surface area contributed by atoms with Gasteiger partial charge in [0.25, 0.3) is 0 Å². The molecule has 2 aromatic heterocycles. The van der Waals surface area contributed by atoms with Crippen LogP contribution in [0.4, 0.5) is 0 Å². The second-order valence-electron chi connectivity index (χ2n) is 4.79. The standard InChI is InChI=1S/C14H18N2O2/c1-17-14-6-2-5-12-9-15-13(16(12)14)8-11-4-3-7-18-10-11/h2,5-6,9,11H,3-4,7-8,10H2,1H3. The van der Waals surface area contributed by atoms with E-state index in [0.717, 1.165) is 43.3 Å². The van der Waals surface area contributed by atoms with Gasteiger partial charge in [0.2, 0.25) is 0 Å². The molecule has 96 valence electrons. The van der Waals surface area contributed by atoms with Gasteiger partial charge in [-0.05, 0) is 30.9 Å². The summed E-state index contributed by atoms with van der Waals surface area (Å²) in [6, 6.07) is 6.01. The summed E-state index contributed by atoms with van der Waals surface area (Å²) in [5.74, 6) is 2.49. The van der Waals surface area contributed by atoms with Gasteiger partial charge in [0.05, 0.1) is 18.8 Å². The van der Waals surface area contributed by atoms with Gasteiger partial charge in [0.1, 0.15) is 5.82 Å². The van der Waals surface area contributed by atoms with Gasteiger partial charge < -0.3 is 9.47 Å². The first-order chi connectivity index (χ1) is 8.88. The van der Waals surface area contributed by atoms with Crippen LogP contribution in [0, 0.1) is 5.92 Å². The smallest absolute Gasteiger partial charge is 0.199 e. The normalized spacial score (nSPS) is 20.2. The topological polar surface area (TPSA) is 35.8 Å². The van der Waals surface area contributed by atoms with Crippen molar-refractivity contribution in [3.05, 3.63) is 30.2 Å². The van der Waals surface area contributed by atoms with Crippen LogP contribution in [-0.2, 0) is 11.2 Å². The molecule has 1 atom stereocenters. The quantitative estimate of drug-likeness (QED) is 0.833. The number of ether oxygens (including phenoxy) is 2. The fourth-order valence-electron chi connectivity index (χ4n) is 2.61. The lowest BCUT2D eigenvalue weighted by molar-refractivity contribution is 0.0542. The number of methoxy groups -OCH3 is 1. The number of aromatic nitrogens is 2. The van der Waals surface area contributed by atoms with Crippen LogP contribution in [0.3, 0.4) is 0 Å². The number of hydrogen-bond acceptors (Lipinski definition) is 3. The molecule has 18 heavy (non-hydrogen) atoms. The molecule has 0 radical (unpaired) electrons. The van der Waals surface area contributed by atoms with Crippen molar-refractivity contribution in [1.82, 2.24) is 9.38 Å². The molecular formula is C14H18N2O2. The summed E-state index contributed by atoms with van der Waals surface area (Å²) >= 11 is 0. The van der Waals surface area contributed by atoms with Crippen molar-refractivity contribution < 1.29 is 9.47 Å². The van der Waals surface area contributed by atoms with Crippen molar-refractivity contribution in [3.63, 3.8) is 0 Å². The predicted octanol–water partition coefficient (Wildman–Crippen LogP) is 2.31. The minimum absolute atomic E-state index is 0.578. The van der Waals surface area contributed by atoms with Gasteiger partial charge in [-0.25, -0.2) is 4.98 Å². The minimum Gasteiger partial charge on any atom is -0.482 e. The van der Waals surface area contributed by atoms with E-state index < -0.39 is 0 Å². The lowest BCUT2D eigenvalue weighted by Crippen LogP contribution is -2.20. The van der Waals surface area contributed by atoms with Crippen LogP contribution in [0.15, 0.2) is 24.4 Å². The van der Waals surface area contributed by atoms with Crippen LogP contribution < -0.4 is 4.74 Å². The van der Waals surface area contributed by atoms with E-state index >= 15 is 0 Å². The molecule has 1 aliphatic rings. The molecular weight excluding hydrogens is 228 g/mol. The fraction of sp³-hybridized carbons (Fsp3) is 0.500. The van der Waals surface area contributed by atoms with Crippen molar-refractivity contribution in [2.24, 2.45) is 5.92 Å². The second-order valence-corrected chi connectivity index (χ2v) is 4.79. The number of hydrogen-bond donors (Lipinski definition) is 0. The van der Waals surface area contributed by atoms with Crippen LogP contribution >= 0.6 is 0 Å². The molecule has 0 N–H and O–H groups in total. The fourth-order valence-corrected chi connectivity index (χ4v) is 2.61. The average Bonchev–Trinajstić information content (AvgIpc) is 2.83. The molecule has 3 heterocycles. The van der Waals surface area contributed by atoms with Crippen LogP contribution in [-0.4, -0.2) is 29.7 Å². The lowest BCUT2D eigenvalue weighted by Gasteiger charge is -2.21. The van der Waals surface area contributed by atoms with Crippen molar-refractivity contribution in [2.45, 2.75) is 19.3 Å². The van der Waals surface area contributed by atoms with E-state index in [9.17, 15) is 0 Å². The van der Waals surface area contributed by atoms with Crippen LogP contribution in [0.25, 0.3) is 5.52 Å². The molecule has 0 saturated carbocycles. The van der Waals surface area contributed by atoms with Crippen LogP contribution in [0.5, 0.6) is 5.88 Å². The molecule has 0 aromatic carbocycles. The summed E-state index contributed by atoms with van der Waals surface area (Å²) in [5.41, 5.74) is 1.08. The van der Waals surface area contributed by atoms with E-state index in [1.54, 1.807) is 7.11 Å². The van der Waals surface area contributed by atoms with E-state index in [-0.39, 0.29) is 0 Å². The molecule has 0 amide bonds. The van der Waals surface area contributed by atoms with E-state index in [4.69, 9.17) is 9.47 Å². The Morgan fingerprint density at radius 1 is 1.50 bits per heavy atom.